The lowest BCUT2D eigenvalue weighted by molar-refractivity contribution is -0.214. The Morgan fingerprint density at radius 2 is 0.386 bits per heavy atom. The van der Waals surface area contributed by atoms with Gasteiger partial charge in [-0.05, 0) is 12.8 Å². The van der Waals surface area contributed by atoms with Crippen molar-refractivity contribution in [2.75, 3.05) is 39.6 Å². The molecule has 0 aromatic rings. The zero-order valence-corrected chi connectivity index (χ0v) is 28.9. The second kappa shape index (κ2) is 26.8. The highest BCUT2D eigenvalue weighted by atomic mass is 16.3. The maximum absolute atomic E-state index is 10.8. The van der Waals surface area contributed by atoms with Crippen molar-refractivity contribution in [3.63, 3.8) is 0 Å². The van der Waals surface area contributed by atoms with Gasteiger partial charge in [-0.2, -0.15) is 0 Å². The highest BCUT2D eigenvalue weighted by Gasteiger charge is 2.61. The molecule has 0 aromatic heterocycles. The molecule has 44 heavy (non-hydrogen) atoms. The van der Waals surface area contributed by atoms with Gasteiger partial charge in [-0.15, -0.1) is 0 Å². The summed E-state index contributed by atoms with van der Waals surface area (Å²) in [5.74, 6) is 0. The Labute approximate surface area is 272 Å². The maximum Gasteiger partial charge on any atom is 0.0523 e. The Morgan fingerprint density at radius 3 is 0.523 bits per heavy atom. The van der Waals surface area contributed by atoms with E-state index >= 15 is 0 Å². The fourth-order valence-corrected chi connectivity index (χ4v) is 8.13. The van der Waals surface area contributed by atoms with Crippen molar-refractivity contribution in [1.82, 2.24) is 0 Å². The van der Waals surface area contributed by atoms with Gasteiger partial charge in [-0.1, -0.05) is 173 Å². The van der Waals surface area contributed by atoms with Gasteiger partial charge in [0.2, 0.25) is 0 Å². The first-order chi connectivity index (χ1) is 21.6. The van der Waals surface area contributed by atoms with E-state index in [0.717, 1.165) is 38.5 Å². The first-order valence-corrected chi connectivity index (χ1v) is 19.2. The Kier molecular flexibility index (Phi) is 25.4. The Morgan fingerprint density at radius 1 is 0.227 bits per heavy atom. The predicted molar refractivity (Wildman–Crippen MR) is 184 cm³/mol. The number of hydrogen-bond donors (Lipinski definition) is 6. The van der Waals surface area contributed by atoms with E-state index in [1.54, 1.807) is 0 Å². The number of aliphatic hydroxyl groups is 6. The molecule has 0 aliphatic heterocycles. The fraction of sp³-hybridized carbons (Fsp3) is 1.00. The Balaban J connectivity index is 2.76. The van der Waals surface area contributed by atoms with Crippen molar-refractivity contribution in [1.29, 1.82) is 0 Å². The summed E-state index contributed by atoms with van der Waals surface area (Å²) in [6.45, 7) is -2.66. The molecule has 0 amide bonds. The Hall–Kier alpha value is -0.240. The van der Waals surface area contributed by atoms with Gasteiger partial charge in [0, 0.05) is 16.2 Å². The normalized spacial score (nSPS) is 24.4. The van der Waals surface area contributed by atoms with E-state index in [1.165, 1.54) is 135 Å². The summed E-state index contributed by atoms with van der Waals surface area (Å²) in [5.41, 5.74) is -3.78. The highest BCUT2D eigenvalue weighted by Crippen LogP contribution is 2.56. The van der Waals surface area contributed by atoms with Crippen molar-refractivity contribution >= 4 is 0 Å². The van der Waals surface area contributed by atoms with Crippen molar-refractivity contribution in [2.45, 2.75) is 186 Å². The second-order valence-corrected chi connectivity index (χ2v) is 14.6. The van der Waals surface area contributed by atoms with Gasteiger partial charge in [0.25, 0.3) is 0 Å². The van der Waals surface area contributed by atoms with Crippen LogP contribution in [-0.2, 0) is 0 Å². The summed E-state index contributed by atoms with van der Waals surface area (Å²) < 4.78 is 0. The summed E-state index contributed by atoms with van der Waals surface area (Å²) in [7, 11) is 0. The average molecular weight is 629 g/mol. The third-order valence-electron chi connectivity index (χ3n) is 11.6. The number of hydrogen-bond acceptors (Lipinski definition) is 6. The van der Waals surface area contributed by atoms with E-state index < -0.39 is 55.9 Å². The molecule has 6 heteroatoms. The third-order valence-corrected chi connectivity index (χ3v) is 11.6. The van der Waals surface area contributed by atoms with E-state index in [0.29, 0.717) is 12.8 Å². The molecule has 1 rings (SSSR count). The lowest BCUT2D eigenvalue weighted by Crippen LogP contribution is -2.64. The first-order valence-electron chi connectivity index (χ1n) is 19.2. The molecule has 1 aliphatic rings. The monoisotopic (exact) mass is 629 g/mol. The van der Waals surface area contributed by atoms with E-state index in [1.807, 2.05) is 0 Å². The molecule has 6 nitrogen and oxygen atoms in total. The van der Waals surface area contributed by atoms with Crippen molar-refractivity contribution < 1.29 is 30.6 Å². The minimum atomic E-state index is -1.40. The van der Waals surface area contributed by atoms with Gasteiger partial charge >= 0.3 is 0 Å². The molecule has 264 valence electrons. The van der Waals surface area contributed by atoms with Crippen molar-refractivity contribution in [2.24, 2.45) is 16.2 Å². The van der Waals surface area contributed by atoms with Crippen molar-refractivity contribution in [3.8, 4) is 0 Å². The maximum atomic E-state index is 10.8. The summed E-state index contributed by atoms with van der Waals surface area (Å²) in [5, 5.41) is 64.1. The molecule has 0 unspecified atom stereocenters. The molecule has 0 radical (unpaired) electrons. The van der Waals surface area contributed by atoms with Crippen LogP contribution in [0, 0.1) is 16.2 Å². The number of aliphatic hydroxyl groups excluding tert-OH is 6. The van der Waals surface area contributed by atoms with Crippen LogP contribution in [0.25, 0.3) is 0 Å². The van der Waals surface area contributed by atoms with Gasteiger partial charge in [0.15, 0.2) is 0 Å². The molecule has 0 spiro atoms. The van der Waals surface area contributed by atoms with Gasteiger partial charge in [0.05, 0.1) is 39.6 Å². The van der Waals surface area contributed by atoms with E-state index in [4.69, 9.17) is 0 Å². The van der Waals surface area contributed by atoms with Crippen molar-refractivity contribution in [3.05, 3.63) is 0 Å². The molecular formula is C38H76O6. The number of rotatable bonds is 6. The standard InChI is InChI=1S/C38H76O6/c39-30-36(31-40)28-26-24-22-20-18-16-14-12-10-8-6-4-2-1-3-5-7-9-11-13-15-17-19-21-23-25-27-29-37(32-41,33-42)38(36,34-43)35-44/h39-44H,1-35H2. The fourth-order valence-electron chi connectivity index (χ4n) is 8.13. The predicted octanol–water partition coefficient (Wildman–Crippen LogP) is 8.23. The highest BCUT2D eigenvalue weighted by molar-refractivity contribution is 5.08. The molecule has 1 fully saturated rings. The summed E-state index contributed by atoms with van der Waals surface area (Å²) in [6, 6.07) is 0. The largest absolute Gasteiger partial charge is 0.396 e. The van der Waals surface area contributed by atoms with E-state index in [2.05, 4.69) is 0 Å². The van der Waals surface area contributed by atoms with Crippen LogP contribution < -0.4 is 0 Å². The first kappa shape index (κ1) is 41.8. The Bertz CT molecular complexity index is 566. The van der Waals surface area contributed by atoms with Crippen LogP contribution in [0.5, 0.6) is 0 Å². The molecule has 0 aromatic carbocycles. The quantitative estimate of drug-likeness (QED) is 0.176. The minimum absolute atomic E-state index is 0.410. The molecule has 0 saturated heterocycles. The van der Waals surface area contributed by atoms with Crippen LogP contribution in [0.3, 0.4) is 0 Å². The van der Waals surface area contributed by atoms with Crippen LogP contribution in [0.4, 0.5) is 0 Å². The average Bonchev–Trinajstić information content (AvgIpc) is 3.05. The van der Waals surface area contributed by atoms with Crippen LogP contribution in [0.1, 0.15) is 186 Å². The molecular weight excluding hydrogens is 552 g/mol. The van der Waals surface area contributed by atoms with Crippen LogP contribution in [0.2, 0.25) is 0 Å². The summed E-state index contributed by atoms with van der Waals surface area (Å²) in [4.78, 5) is 0. The van der Waals surface area contributed by atoms with Gasteiger partial charge in [-0.25, -0.2) is 0 Å². The zero-order chi connectivity index (χ0) is 32.2. The van der Waals surface area contributed by atoms with Crippen LogP contribution in [-0.4, -0.2) is 70.3 Å². The van der Waals surface area contributed by atoms with E-state index in [-0.39, 0.29) is 0 Å². The lowest BCUT2D eigenvalue weighted by atomic mass is 9.49. The lowest BCUT2D eigenvalue weighted by Gasteiger charge is -2.57. The molecule has 6 N–H and O–H groups in total. The molecule has 1 aliphatic carbocycles. The van der Waals surface area contributed by atoms with Gasteiger partial charge in [-0.3, -0.25) is 0 Å². The minimum Gasteiger partial charge on any atom is -0.396 e. The SMILES string of the molecule is OCC1(CO)CCCCCCCCCCCCCCCCCCCCCCCCCCCCCC(CO)(CO)C1(CO)CO. The summed E-state index contributed by atoms with van der Waals surface area (Å²) >= 11 is 0. The second-order valence-electron chi connectivity index (χ2n) is 14.6. The van der Waals surface area contributed by atoms with Gasteiger partial charge < -0.3 is 30.6 Å². The molecule has 1 saturated carbocycles. The zero-order valence-electron chi connectivity index (χ0n) is 28.9. The van der Waals surface area contributed by atoms with Gasteiger partial charge in [0.1, 0.15) is 0 Å². The van der Waals surface area contributed by atoms with Crippen LogP contribution in [0.15, 0.2) is 0 Å². The molecule has 0 heterocycles. The summed E-state index contributed by atoms with van der Waals surface area (Å²) in [6.07, 6.45) is 34.6. The smallest absolute Gasteiger partial charge is 0.0523 e. The van der Waals surface area contributed by atoms with E-state index in [9.17, 15) is 30.6 Å². The topological polar surface area (TPSA) is 121 Å². The third kappa shape index (κ3) is 14.3. The molecule has 0 bridgehead atoms. The molecule has 0 atom stereocenters. The van der Waals surface area contributed by atoms with Crippen LogP contribution >= 0.6 is 0 Å².